The van der Waals surface area contributed by atoms with E-state index in [0.717, 1.165) is 18.7 Å². The molecule has 1 heterocycles. The SMILES string of the molecule is COCc1cccc(C(=O)NCC(C)(C)N2C[C@@H](C)O[C@H](C)C2)c1. The molecule has 0 aliphatic carbocycles. The number of carbonyl (C=O) groups excluding carboxylic acids is 1. The Balaban J connectivity index is 1.95. The second kappa shape index (κ2) is 8.10. The lowest BCUT2D eigenvalue weighted by molar-refractivity contribution is -0.0948. The number of amides is 1. The Bertz CT molecular complexity index is 549. The quantitative estimate of drug-likeness (QED) is 0.868. The summed E-state index contributed by atoms with van der Waals surface area (Å²) in [5.74, 6) is -0.0459. The first kappa shape index (κ1) is 18.9. The third kappa shape index (κ3) is 5.03. The lowest BCUT2D eigenvalue weighted by atomic mass is 9.99. The summed E-state index contributed by atoms with van der Waals surface area (Å²) >= 11 is 0. The van der Waals surface area contributed by atoms with Crippen LogP contribution in [0.15, 0.2) is 24.3 Å². The van der Waals surface area contributed by atoms with Crippen molar-refractivity contribution >= 4 is 5.91 Å². The number of nitrogens with one attached hydrogen (secondary N) is 1. The van der Waals surface area contributed by atoms with Crippen LogP contribution in [0.4, 0.5) is 0 Å². The number of benzene rings is 1. The first-order chi connectivity index (χ1) is 11.3. The molecule has 2 atom stereocenters. The van der Waals surface area contributed by atoms with Gasteiger partial charge in [-0.3, -0.25) is 9.69 Å². The summed E-state index contributed by atoms with van der Waals surface area (Å²) in [6, 6.07) is 7.56. The van der Waals surface area contributed by atoms with Crippen molar-refractivity contribution in [3.63, 3.8) is 0 Å². The molecule has 0 saturated carbocycles. The highest BCUT2D eigenvalue weighted by Gasteiger charge is 2.33. The van der Waals surface area contributed by atoms with E-state index in [1.807, 2.05) is 24.3 Å². The number of hydrogen-bond donors (Lipinski definition) is 1. The Morgan fingerprint density at radius 3 is 2.62 bits per heavy atom. The first-order valence-electron chi connectivity index (χ1n) is 8.58. The minimum Gasteiger partial charge on any atom is -0.380 e. The van der Waals surface area contributed by atoms with E-state index in [2.05, 4.69) is 37.9 Å². The molecule has 24 heavy (non-hydrogen) atoms. The standard InChI is InChI=1S/C19H30N2O3/c1-14-10-21(11-15(2)24-14)19(3,4)13-20-18(22)17-8-6-7-16(9-17)12-23-5/h6-9,14-15H,10-13H2,1-5H3,(H,20,22)/t14-,15-/m1/s1. The van der Waals surface area contributed by atoms with Crippen LogP contribution in [0.25, 0.3) is 0 Å². The van der Waals surface area contributed by atoms with Gasteiger partial charge < -0.3 is 14.8 Å². The number of ether oxygens (including phenoxy) is 2. The molecule has 1 amide bonds. The van der Waals surface area contributed by atoms with E-state index in [4.69, 9.17) is 9.47 Å². The van der Waals surface area contributed by atoms with Crippen molar-refractivity contribution in [3.05, 3.63) is 35.4 Å². The van der Waals surface area contributed by atoms with Crippen molar-refractivity contribution in [3.8, 4) is 0 Å². The van der Waals surface area contributed by atoms with Crippen LogP contribution < -0.4 is 5.32 Å². The Kier molecular flexibility index (Phi) is 6.38. The van der Waals surface area contributed by atoms with Crippen LogP contribution in [-0.4, -0.2) is 55.3 Å². The number of rotatable bonds is 6. The number of hydrogen-bond acceptors (Lipinski definition) is 4. The van der Waals surface area contributed by atoms with Crippen LogP contribution >= 0.6 is 0 Å². The first-order valence-corrected chi connectivity index (χ1v) is 8.58. The fraction of sp³-hybridized carbons (Fsp3) is 0.632. The van der Waals surface area contributed by atoms with Gasteiger partial charge >= 0.3 is 0 Å². The molecule has 0 spiro atoms. The van der Waals surface area contributed by atoms with Gasteiger partial charge in [0.05, 0.1) is 18.8 Å². The van der Waals surface area contributed by atoms with Gasteiger partial charge in [-0.2, -0.15) is 0 Å². The number of nitrogens with zero attached hydrogens (tertiary/aromatic N) is 1. The molecule has 1 aromatic rings. The predicted octanol–water partition coefficient (Wildman–Crippen LogP) is 2.45. The third-order valence-electron chi connectivity index (χ3n) is 4.46. The van der Waals surface area contributed by atoms with Crippen LogP contribution in [0, 0.1) is 0 Å². The molecule has 1 fully saturated rings. The zero-order chi connectivity index (χ0) is 17.7. The van der Waals surface area contributed by atoms with Gasteiger partial charge in [0.2, 0.25) is 0 Å². The molecule has 2 rings (SSSR count). The van der Waals surface area contributed by atoms with Crippen molar-refractivity contribution in [2.24, 2.45) is 0 Å². The van der Waals surface area contributed by atoms with E-state index in [1.165, 1.54) is 0 Å². The second-order valence-electron chi connectivity index (χ2n) is 7.29. The molecule has 5 heteroatoms. The maximum absolute atomic E-state index is 12.5. The smallest absolute Gasteiger partial charge is 0.251 e. The predicted molar refractivity (Wildman–Crippen MR) is 95.1 cm³/mol. The molecule has 0 unspecified atom stereocenters. The molecule has 1 aliphatic rings. The minimum atomic E-state index is -0.119. The van der Waals surface area contributed by atoms with E-state index in [0.29, 0.717) is 18.7 Å². The summed E-state index contributed by atoms with van der Waals surface area (Å²) in [6.45, 7) is 11.4. The highest BCUT2D eigenvalue weighted by molar-refractivity contribution is 5.94. The molecule has 1 aromatic carbocycles. The molecule has 0 radical (unpaired) electrons. The molecule has 134 valence electrons. The molecule has 0 aromatic heterocycles. The Morgan fingerprint density at radius 2 is 2.00 bits per heavy atom. The lowest BCUT2D eigenvalue weighted by Crippen LogP contribution is -2.58. The third-order valence-corrected chi connectivity index (χ3v) is 4.46. The van der Waals surface area contributed by atoms with Crippen molar-refractivity contribution in [1.82, 2.24) is 10.2 Å². The van der Waals surface area contributed by atoms with Crippen LogP contribution in [0.1, 0.15) is 43.6 Å². The second-order valence-corrected chi connectivity index (χ2v) is 7.29. The highest BCUT2D eigenvalue weighted by Crippen LogP contribution is 2.20. The molecular weight excluding hydrogens is 304 g/mol. The summed E-state index contributed by atoms with van der Waals surface area (Å²) in [7, 11) is 1.65. The monoisotopic (exact) mass is 334 g/mol. The van der Waals surface area contributed by atoms with Gasteiger partial charge in [0.25, 0.3) is 5.91 Å². The fourth-order valence-corrected chi connectivity index (χ4v) is 3.15. The number of morpholine rings is 1. The summed E-state index contributed by atoms with van der Waals surface area (Å²) in [5.41, 5.74) is 1.55. The average molecular weight is 334 g/mol. The molecule has 1 saturated heterocycles. The Morgan fingerprint density at radius 1 is 1.33 bits per heavy atom. The number of methoxy groups -OCH3 is 1. The fourth-order valence-electron chi connectivity index (χ4n) is 3.15. The number of carbonyl (C=O) groups is 1. The Hall–Kier alpha value is -1.43. The van der Waals surface area contributed by atoms with Gasteiger partial charge in [0.1, 0.15) is 0 Å². The highest BCUT2D eigenvalue weighted by atomic mass is 16.5. The van der Waals surface area contributed by atoms with Crippen LogP contribution in [0.3, 0.4) is 0 Å². The van der Waals surface area contributed by atoms with E-state index >= 15 is 0 Å². The van der Waals surface area contributed by atoms with Gasteiger partial charge in [-0.1, -0.05) is 12.1 Å². The maximum Gasteiger partial charge on any atom is 0.251 e. The van der Waals surface area contributed by atoms with E-state index in [9.17, 15) is 4.79 Å². The van der Waals surface area contributed by atoms with E-state index < -0.39 is 0 Å². The van der Waals surface area contributed by atoms with Gasteiger partial charge in [0.15, 0.2) is 0 Å². The summed E-state index contributed by atoms with van der Waals surface area (Å²) in [5, 5.41) is 3.07. The molecular formula is C19H30N2O3. The minimum absolute atomic E-state index is 0.0459. The van der Waals surface area contributed by atoms with Crippen molar-refractivity contribution in [2.75, 3.05) is 26.7 Å². The van der Waals surface area contributed by atoms with Gasteiger partial charge in [-0.25, -0.2) is 0 Å². The summed E-state index contributed by atoms with van der Waals surface area (Å²) in [4.78, 5) is 14.9. The van der Waals surface area contributed by atoms with Gasteiger partial charge in [0, 0.05) is 37.8 Å². The normalized spacial score (nSPS) is 22.4. The topological polar surface area (TPSA) is 50.8 Å². The lowest BCUT2D eigenvalue weighted by Gasteiger charge is -2.45. The van der Waals surface area contributed by atoms with Gasteiger partial charge in [-0.05, 0) is 45.4 Å². The average Bonchev–Trinajstić information content (AvgIpc) is 2.52. The van der Waals surface area contributed by atoms with Crippen molar-refractivity contribution in [1.29, 1.82) is 0 Å². The molecule has 0 bridgehead atoms. The molecule has 1 aliphatic heterocycles. The van der Waals surface area contributed by atoms with Gasteiger partial charge in [-0.15, -0.1) is 0 Å². The molecule has 5 nitrogen and oxygen atoms in total. The van der Waals surface area contributed by atoms with E-state index in [1.54, 1.807) is 7.11 Å². The zero-order valence-electron chi connectivity index (χ0n) is 15.5. The van der Waals surface area contributed by atoms with Crippen LogP contribution in [0.5, 0.6) is 0 Å². The van der Waals surface area contributed by atoms with Crippen molar-refractivity contribution in [2.45, 2.75) is 52.0 Å². The largest absolute Gasteiger partial charge is 0.380 e. The van der Waals surface area contributed by atoms with Crippen LogP contribution in [0.2, 0.25) is 0 Å². The maximum atomic E-state index is 12.5. The van der Waals surface area contributed by atoms with Crippen LogP contribution in [-0.2, 0) is 16.1 Å². The van der Waals surface area contributed by atoms with Crippen molar-refractivity contribution < 1.29 is 14.3 Å². The zero-order valence-corrected chi connectivity index (χ0v) is 15.5. The summed E-state index contributed by atoms with van der Waals surface area (Å²) < 4.78 is 10.9. The summed E-state index contributed by atoms with van der Waals surface area (Å²) in [6.07, 6.45) is 0.434. The van der Waals surface area contributed by atoms with E-state index in [-0.39, 0.29) is 23.7 Å². The Labute approximate surface area is 145 Å². The molecule has 1 N–H and O–H groups in total.